The van der Waals surface area contributed by atoms with Gasteiger partial charge in [0.25, 0.3) is 0 Å². The lowest BCUT2D eigenvalue weighted by Crippen LogP contribution is -2.15. The van der Waals surface area contributed by atoms with Gasteiger partial charge in [0, 0.05) is 23.4 Å². The second kappa shape index (κ2) is 5.82. The fourth-order valence-corrected chi connectivity index (χ4v) is 2.87. The Morgan fingerprint density at radius 3 is 2.47 bits per heavy atom. The number of carbonyl (C=O) groups is 1. The largest absolute Gasteiger partial charge is 0.398 e. The molecule has 0 aliphatic carbocycles. The molecule has 5 heteroatoms. The maximum absolute atomic E-state index is 11.8. The average molecular weight is 255 g/mol. The van der Waals surface area contributed by atoms with Crippen LogP contribution >= 0.6 is 0 Å². The maximum atomic E-state index is 11.8. The van der Waals surface area contributed by atoms with E-state index in [2.05, 4.69) is 0 Å². The van der Waals surface area contributed by atoms with Crippen LogP contribution in [0.3, 0.4) is 0 Å². The van der Waals surface area contributed by atoms with Gasteiger partial charge in [-0.25, -0.2) is 8.42 Å². The number of nitrogens with two attached hydrogens (primary N) is 1. The van der Waals surface area contributed by atoms with Gasteiger partial charge in [0.1, 0.15) is 0 Å². The van der Waals surface area contributed by atoms with Gasteiger partial charge in [-0.15, -0.1) is 0 Å². The van der Waals surface area contributed by atoms with Crippen LogP contribution in [0.2, 0.25) is 0 Å². The van der Waals surface area contributed by atoms with Crippen molar-refractivity contribution in [3.63, 3.8) is 0 Å². The van der Waals surface area contributed by atoms with Crippen LogP contribution in [-0.4, -0.2) is 25.7 Å². The van der Waals surface area contributed by atoms with Gasteiger partial charge in [-0.1, -0.05) is 19.1 Å². The molecule has 17 heavy (non-hydrogen) atoms. The van der Waals surface area contributed by atoms with Crippen LogP contribution < -0.4 is 5.73 Å². The number of rotatable bonds is 6. The summed E-state index contributed by atoms with van der Waals surface area (Å²) in [5, 5.41) is 0. The monoisotopic (exact) mass is 255 g/mol. The van der Waals surface area contributed by atoms with Gasteiger partial charge in [0.15, 0.2) is 15.6 Å². The van der Waals surface area contributed by atoms with Gasteiger partial charge >= 0.3 is 0 Å². The second-order valence-corrected chi connectivity index (χ2v) is 6.22. The second-order valence-electron chi connectivity index (χ2n) is 3.91. The molecule has 2 N–H and O–H groups in total. The topological polar surface area (TPSA) is 77.2 Å². The molecule has 0 radical (unpaired) electrons. The average Bonchev–Trinajstić information content (AvgIpc) is 2.27. The number of ketones is 1. The Morgan fingerprint density at radius 1 is 1.24 bits per heavy atom. The minimum atomic E-state index is -3.11. The molecule has 0 aliphatic heterocycles. The number of hydrogen-bond acceptors (Lipinski definition) is 4. The minimum Gasteiger partial charge on any atom is -0.398 e. The number of Topliss-reactive ketones (excluding diaryl/α,β-unsaturated/α-hetero) is 1. The van der Waals surface area contributed by atoms with Crippen molar-refractivity contribution < 1.29 is 13.2 Å². The molecule has 0 aliphatic rings. The zero-order valence-electron chi connectivity index (χ0n) is 9.85. The van der Waals surface area contributed by atoms with Crippen LogP contribution in [-0.2, 0) is 9.84 Å². The molecule has 0 amide bonds. The summed E-state index contributed by atoms with van der Waals surface area (Å²) in [5.41, 5.74) is 6.45. The van der Waals surface area contributed by atoms with Crippen LogP contribution in [0.25, 0.3) is 0 Å². The van der Waals surface area contributed by atoms with E-state index in [0.29, 0.717) is 17.7 Å². The van der Waals surface area contributed by atoms with Crippen molar-refractivity contribution in [1.29, 1.82) is 0 Å². The molecule has 1 rings (SSSR count). The first-order valence-corrected chi connectivity index (χ1v) is 7.36. The van der Waals surface area contributed by atoms with Crippen molar-refractivity contribution in [3.8, 4) is 0 Å². The fraction of sp³-hybridized carbons (Fsp3) is 0.417. The van der Waals surface area contributed by atoms with Crippen LogP contribution in [0, 0.1) is 0 Å². The summed E-state index contributed by atoms with van der Waals surface area (Å²) >= 11 is 0. The minimum absolute atomic E-state index is 0.00343. The van der Waals surface area contributed by atoms with Crippen LogP contribution in [0.1, 0.15) is 30.1 Å². The molecular formula is C12H17NO3S. The Bertz CT molecular complexity index is 494. The SMILES string of the molecule is CCCS(=O)(=O)CCC(=O)c1ccccc1N. The van der Waals surface area contributed by atoms with E-state index in [9.17, 15) is 13.2 Å². The van der Waals surface area contributed by atoms with Gasteiger partial charge in [-0.3, -0.25) is 4.79 Å². The van der Waals surface area contributed by atoms with E-state index in [1.807, 2.05) is 0 Å². The molecule has 0 bridgehead atoms. The van der Waals surface area contributed by atoms with Gasteiger partial charge in [0.2, 0.25) is 0 Å². The molecule has 0 heterocycles. The van der Waals surface area contributed by atoms with E-state index in [0.717, 1.165) is 0 Å². The molecule has 0 saturated heterocycles. The van der Waals surface area contributed by atoms with Gasteiger partial charge < -0.3 is 5.73 Å². The van der Waals surface area contributed by atoms with Gasteiger partial charge in [-0.2, -0.15) is 0 Å². The van der Waals surface area contributed by atoms with Crippen molar-refractivity contribution in [2.75, 3.05) is 17.2 Å². The summed E-state index contributed by atoms with van der Waals surface area (Å²) in [6, 6.07) is 6.70. The fourth-order valence-electron chi connectivity index (χ4n) is 1.55. The third-order valence-corrected chi connectivity index (χ3v) is 4.27. The number of nitrogen functional groups attached to an aromatic ring is 1. The highest BCUT2D eigenvalue weighted by molar-refractivity contribution is 7.91. The smallest absolute Gasteiger partial charge is 0.165 e. The summed E-state index contributed by atoms with van der Waals surface area (Å²) in [4.78, 5) is 11.8. The standard InChI is InChI=1S/C12H17NO3S/c1-2-8-17(15,16)9-7-12(14)10-5-3-4-6-11(10)13/h3-6H,2,7-9,13H2,1H3. The highest BCUT2D eigenvalue weighted by atomic mass is 32.2. The van der Waals surface area contributed by atoms with E-state index >= 15 is 0 Å². The molecular weight excluding hydrogens is 238 g/mol. The zero-order chi connectivity index (χ0) is 12.9. The van der Waals surface area contributed by atoms with Crippen LogP contribution in [0.15, 0.2) is 24.3 Å². The summed E-state index contributed by atoms with van der Waals surface area (Å²) in [6.45, 7) is 1.80. The maximum Gasteiger partial charge on any atom is 0.165 e. The molecule has 0 atom stereocenters. The van der Waals surface area contributed by atoms with Gasteiger partial charge in [-0.05, 0) is 18.6 Å². The molecule has 1 aromatic rings. The Kier molecular flexibility index (Phi) is 4.69. The predicted molar refractivity (Wildman–Crippen MR) is 68.7 cm³/mol. The first-order chi connectivity index (χ1) is 7.96. The Labute approximate surface area is 102 Å². The quantitative estimate of drug-likeness (QED) is 0.619. The number of anilines is 1. The molecule has 1 aromatic carbocycles. The van der Waals surface area contributed by atoms with E-state index in [1.54, 1.807) is 31.2 Å². The highest BCUT2D eigenvalue weighted by Crippen LogP contribution is 2.13. The highest BCUT2D eigenvalue weighted by Gasteiger charge is 2.15. The molecule has 0 fully saturated rings. The lowest BCUT2D eigenvalue weighted by molar-refractivity contribution is 0.0989. The van der Waals surface area contributed by atoms with E-state index < -0.39 is 9.84 Å². The number of sulfone groups is 1. The van der Waals surface area contributed by atoms with Crippen molar-refractivity contribution in [1.82, 2.24) is 0 Å². The lowest BCUT2D eigenvalue weighted by atomic mass is 10.1. The van der Waals surface area contributed by atoms with E-state index in [-0.39, 0.29) is 23.7 Å². The van der Waals surface area contributed by atoms with E-state index in [1.165, 1.54) is 0 Å². The van der Waals surface area contributed by atoms with Crippen LogP contribution in [0.4, 0.5) is 5.69 Å². The number of hydrogen-bond donors (Lipinski definition) is 1. The van der Waals surface area contributed by atoms with Gasteiger partial charge in [0.05, 0.1) is 5.75 Å². The van der Waals surface area contributed by atoms with Crippen molar-refractivity contribution in [2.45, 2.75) is 19.8 Å². The van der Waals surface area contributed by atoms with Crippen molar-refractivity contribution in [3.05, 3.63) is 29.8 Å². The first-order valence-electron chi connectivity index (χ1n) is 5.54. The Balaban J connectivity index is 2.66. The molecule has 94 valence electrons. The Hall–Kier alpha value is -1.36. The third-order valence-electron chi connectivity index (χ3n) is 2.42. The summed E-state index contributed by atoms with van der Waals surface area (Å²) < 4.78 is 22.9. The van der Waals surface area contributed by atoms with E-state index in [4.69, 9.17) is 5.73 Å². The number of benzene rings is 1. The normalized spacial score (nSPS) is 11.4. The molecule has 0 unspecified atom stereocenters. The first kappa shape index (κ1) is 13.7. The zero-order valence-corrected chi connectivity index (χ0v) is 10.7. The number of carbonyl (C=O) groups excluding carboxylic acids is 1. The lowest BCUT2D eigenvalue weighted by Gasteiger charge is -2.05. The number of para-hydroxylation sites is 1. The van der Waals surface area contributed by atoms with Crippen molar-refractivity contribution >= 4 is 21.3 Å². The third kappa shape index (κ3) is 4.19. The molecule has 0 spiro atoms. The van der Waals surface area contributed by atoms with Crippen molar-refractivity contribution in [2.24, 2.45) is 0 Å². The summed E-state index contributed by atoms with van der Waals surface area (Å²) in [6.07, 6.45) is 0.570. The molecule has 0 aromatic heterocycles. The summed E-state index contributed by atoms with van der Waals surface area (Å²) in [5.74, 6) is -0.193. The molecule has 4 nitrogen and oxygen atoms in total. The Morgan fingerprint density at radius 2 is 1.88 bits per heavy atom. The molecule has 0 saturated carbocycles. The predicted octanol–water partition coefficient (Wildman–Crippen LogP) is 1.67. The summed E-state index contributed by atoms with van der Waals surface area (Å²) in [7, 11) is -3.11. The van der Waals surface area contributed by atoms with Crippen LogP contribution in [0.5, 0.6) is 0 Å².